The number of aromatic nitrogens is 3. The lowest BCUT2D eigenvalue weighted by molar-refractivity contribution is 0.0691. The maximum Gasteiger partial charge on any atom is 0.356 e. The van der Waals surface area contributed by atoms with Gasteiger partial charge in [-0.05, 0) is 0 Å². The molecule has 0 spiro atoms. The lowest BCUT2D eigenvalue weighted by Gasteiger charge is -2.10. The van der Waals surface area contributed by atoms with Gasteiger partial charge in [-0.3, -0.25) is 0 Å². The Hall–Kier alpha value is -2.02. The number of anilines is 1. The highest BCUT2D eigenvalue weighted by Gasteiger charge is 2.15. The van der Waals surface area contributed by atoms with Crippen LogP contribution in [0.15, 0.2) is 17.8 Å². The minimum Gasteiger partial charge on any atom is -0.476 e. The standard InChI is InChI=1S/C13H16N4O2S/c1-8(2)12-16-7-9(11(17-12)13(18)19)14-4-3-10-15-5-6-20-10/h5-8,14H,3-4H2,1-2H3,(H,18,19). The smallest absolute Gasteiger partial charge is 0.356 e. The van der Waals surface area contributed by atoms with Gasteiger partial charge in [0.15, 0.2) is 5.69 Å². The highest BCUT2D eigenvalue weighted by molar-refractivity contribution is 7.09. The third-order valence-electron chi connectivity index (χ3n) is 2.66. The van der Waals surface area contributed by atoms with Crippen LogP contribution in [0.2, 0.25) is 0 Å². The largest absolute Gasteiger partial charge is 0.476 e. The molecule has 0 saturated carbocycles. The van der Waals surface area contributed by atoms with Gasteiger partial charge in [-0.1, -0.05) is 13.8 Å². The maximum atomic E-state index is 11.2. The zero-order chi connectivity index (χ0) is 14.5. The average molecular weight is 292 g/mol. The van der Waals surface area contributed by atoms with E-state index in [9.17, 15) is 9.90 Å². The number of hydrogen-bond acceptors (Lipinski definition) is 6. The van der Waals surface area contributed by atoms with Crippen molar-refractivity contribution >= 4 is 23.0 Å². The number of carbonyl (C=O) groups is 1. The first-order valence-electron chi connectivity index (χ1n) is 6.30. The molecule has 6 nitrogen and oxygen atoms in total. The van der Waals surface area contributed by atoms with Gasteiger partial charge in [0.25, 0.3) is 0 Å². The molecule has 0 fully saturated rings. The van der Waals surface area contributed by atoms with Crippen LogP contribution in [0.1, 0.15) is 41.1 Å². The number of aromatic carboxylic acids is 1. The quantitative estimate of drug-likeness (QED) is 0.850. The zero-order valence-corrected chi connectivity index (χ0v) is 12.1. The van der Waals surface area contributed by atoms with Gasteiger partial charge in [0.05, 0.1) is 16.9 Å². The Labute approximate surface area is 120 Å². The lowest BCUT2D eigenvalue weighted by Crippen LogP contribution is -2.13. The number of rotatable bonds is 6. The highest BCUT2D eigenvalue weighted by atomic mass is 32.1. The van der Waals surface area contributed by atoms with E-state index in [1.54, 1.807) is 17.5 Å². The molecule has 20 heavy (non-hydrogen) atoms. The fraction of sp³-hybridized carbons (Fsp3) is 0.385. The van der Waals surface area contributed by atoms with Crippen molar-refractivity contribution in [3.63, 3.8) is 0 Å². The fourth-order valence-corrected chi connectivity index (χ4v) is 2.27. The van der Waals surface area contributed by atoms with Gasteiger partial charge < -0.3 is 10.4 Å². The molecule has 2 N–H and O–H groups in total. The summed E-state index contributed by atoms with van der Waals surface area (Å²) in [6.45, 7) is 4.45. The summed E-state index contributed by atoms with van der Waals surface area (Å²) in [6.07, 6.45) is 4.03. The molecule has 0 bridgehead atoms. The summed E-state index contributed by atoms with van der Waals surface area (Å²) in [4.78, 5) is 23.7. The molecular formula is C13H16N4O2S. The number of hydrogen-bond donors (Lipinski definition) is 2. The third-order valence-corrected chi connectivity index (χ3v) is 3.50. The van der Waals surface area contributed by atoms with Crippen LogP contribution >= 0.6 is 11.3 Å². The Morgan fingerprint density at radius 1 is 1.45 bits per heavy atom. The SMILES string of the molecule is CC(C)c1ncc(NCCc2nccs2)c(C(=O)O)n1. The van der Waals surface area contributed by atoms with Gasteiger partial charge >= 0.3 is 5.97 Å². The molecule has 0 saturated heterocycles. The molecule has 0 aliphatic heterocycles. The molecule has 0 aliphatic carbocycles. The van der Waals surface area contributed by atoms with Crippen LogP contribution in [-0.2, 0) is 6.42 Å². The van der Waals surface area contributed by atoms with Crippen molar-refractivity contribution in [2.45, 2.75) is 26.2 Å². The van der Waals surface area contributed by atoms with Crippen molar-refractivity contribution in [2.75, 3.05) is 11.9 Å². The van der Waals surface area contributed by atoms with Crippen LogP contribution < -0.4 is 5.32 Å². The van der Waals surface area contributed by atoms with Crippen LogP contribution in [0, 0.1) is 0 Å². The fourth-order valence-electron chi connectivity index (χ4n) is 1.65. The van der Waals surface area contributed by atoms with Crippen molar-refractivity contribution in [3.8, 4) is 0 Å². The topological polar surface area (TPSA) is 88.0 Å². The van der Waals surface area contributed by atoms with Crippen molar-refractivity contribution in [3.05, 3.63) is 34.3 Å². The molecular weight excluding hydrogens is 276 g/mol. The average Bonchev–Trinajstić information content (AvgIpc) is 2.91. The lowest BCUT2D eigenvalue weighted by atomic mass is 10.2. The van der Waals surface area contributed by atoms with E-state index in [1.807, 2.05) is 19.2 Å². The number of carboxylic acid groups (broad SMARTS) is 1. The second kappa shape index (κ2) is 6.42. The molecule has 0 amide bonds. The minimum atomic E-state index is -1.05. The van der Waals surface area contributed by atoms with Crippen molar-refractivity contribution < 1.29 is 9.90 Å². The first kappa shape index (κ1) is 14.4. The molecule has 2 aromatic rings. The molecule has 2 rings (SSSR count). The summed E-state index contributed by atoms with van der Waals surface area (Å²) in [6, 6.07) is 0. The zero-order valence-electron chi connectivity index (χ0n) is 11.3. The maximum absolute atomic E-state index is 11.2. The van der Waals surface area contributed by atoms with Crippen molar-refractivity contribution in [1.82, 2.24) is 15.0 Å². The van der Waals surface area contributed by atoms with Crippen molar-refractivity contribution in [1.29, 1.82) is 0 Å². The Kier molecular flexibility index (Phi) is 4.62. The Bertz CT molecular complexity index is 584. The second-order valence-electron chi connectivity index (χ2n) is 4.55. The Morgan fingerprint density at radius 2 is 2.25 bits per heavy atom. The van der Waals surface area contributed by atoms with Crippen LogP contribution in [0.25, 0.3) is 0 Å². The normalized spacial score (nSPS) is 10.8. The summed E-state index contributed by atoms with van der Waals surface area (Å²) in [5.74, 6) is -0.420. The van der Waals surface area contributed by atoms with E-state index >= 15 is 0 Å². The molecule has 0 aromatic carbocycles. The van der Waals surface area contributed by atoms with Gasteiger partial charge in [-0.15, -0.1) is 11.3 Å². The summed E-state index contributed by atoms with van der Waals surface area (Å²) >= 11 is 1.58. The molecule has 106 valence electrons. The van der Waals surface area contributed by atoms with E-state index in [1.165, 1.54) is 6.20 Å². The predicted molar refractivity (Wildman–Crippen MR) is 77.4 cm³/mol. The van der Waals surface area contributed by atoms with Gasteiger partial charge in [0.2, 0.25) is 0 Å². The molecule has 2 heterocycles. The first-order chi connectivity index (χ1) is 9.58. The molecule has 0 radical (unpaired) electrons. The first-order valence-corrected chi connectivity index (χ1v) is 7.18. The summed E-state index contributed by atoms with van der Waals surface area (Å²) < 4.78 is 0. The van der Waals surface area contributed by atoms with Crippen LogP contribution in [0.4, 0.5) is 5.69 Å². The summed E-state index contributed by atoms with van der Waals surface area (Å²) in [7, 11) is 0. The van der Waals surface area contributed by atoms with E-state index in [0.717, 1.165) is 11.4 Å². The number of nitrogens with zero attached hydrogens (tertiary/aromatic N) is 3. The molecule has 0 atom stereocenters. The van der Waals surface area contributed by atoms with Gasteiger partial charge in [0.1, 0.15) is 5.82 Å². The molecule has 2 aromatic heterocycles. The van der Waals surface area contributed by atoms with E-state index in [0.29, 0.717) is 18.1 Å². The number of nitrogens with one attached hydrogen (secondary N) is 1. The van der Waals surface area contributed by atoms with E-state index < -0.39 is 5.97 Å². The molecule has 7 heteroatoms. The molecule has 0 unspecified atom stereocenters. The van der Waals surface area contributed by atoms with E-state index in [2.05, 4.69) is 20.3 Å². The van der Waals surface area contributed by atoms with Gasteiger partial charge in [0, 0.05) is 30.5 Å². The third kappa shape index (κ3) is 3.51. The van der Waals surface area contributed by atoms with Crippen LogP contribution in [-0.4, -0.2) is 32.6 Å². The summed E-state index contributed by atoms with van der Waals surface area (Å²) in [5, 5.41) is 15.2. The Morgan fingerprint density at radius 3 is 2.85 bits per heavy atom. The Balaban J connectivity index is 2.08. The predicted octanol–water partition coefficient (Wildman–Crippen LogP) is 2.41. The van der Waals surface area contributed by atoms with Crippen LogP contribution in [0.5, 0.6) is 0 Å². The van der Waals surface area contributed by atoms with E-state index in [-0.39, 0.29) is 11.6 Å². The van der Waals surface area contributed by atoms with Crippen molar-refractivity contribution in [2.24, 2.45) is 0 Å². The van der Waals surface area contributed by atoms with E-state index in [4.69, 9.17) is 0 Å². The summed E-state index contributed by atoms with van der Waals surface area (Å²) in [5.41, 5.74) is 0.460. The number of carboxylic acids is 1. The van der Waals surface area contributed by atoms with Crippen LogP contribution in [0.3, 0.4) is 0 Å². The van der Waals surface area contributed by atoms with Gasteiger partial charge in [-0.25, -0.2) is 19.7 Å². The minimum absolute atomic E-state index is 0.0165. The molecule has 0 aliphatic rings. The second-order valence-corrected chi connectivity index (χ2v) is 5.53. The number of thiazole rings is 1. The van der Waals surface area contributed by atoms with Gasteiger partial charge in [-0.2, -0.15) is 0 Å². The monoisotopic (exact) mass is 292 g/mol. The highest BCUT2D eigenvalue weighted by Crippen LogP contribution is 2.16.